The summed E-state index contributed by atoms with van der Waals surface area (Å²) in [4.78, 5) is 3.79. The van der Waals surface area contributed by atoms with Crippen molar-refractivity contribution in [2.45, 2.75) is 36.3 Å². The van der Waals surface area contributed by atoms with E-state index >= 15 is 0 Å². The highest BCUT2D eigenvalue weighted by Gasteiger charge is 2.32. The molecule has 0 aromatic carbocycles. The summed E-state index contributed by atoms with van der Waals surface area (Å²) < 4.78 is 27.7. The number of nitrogens with zero attached hydrogens (tertiary/aromatic N) is 2. The Kier molecular flexibility index (Phi) is 3.24. The summed E-state index contributed by atoms with van der Waals surface area (Å²) in [6, 6.07) is 0. The van der Waals surface area contributed by atoms with Gasteiger partial charge >= 0.3 is 0 Å². The van der Waals surface area contributed by atoms with Crippen LogP contribution in [-0.4, -0.2) is 35.2 Å². The van der Waals surface area contributed by atoms with Gasteiger partial charge in [0.05, 0.1) is 11.9 Å². The second kappa shape index (κ2) is 4.40. The third-order valence-corrected chi connectivity index (χ3v) is 4.37. The van der Waals surface area contributed by atoms with Crippen LogP contribution < -0.4 is 4.72 Å². The highest BCUT2D eigenvalue weighted by molar-refractivity contribution is 7.89. The molecule has 1 fully saturated rings. The predicted molar refractivity (Wildman–Crippen MR) is 61.8 cm³/mol. The van der Waals surface area contributed by atoms with Crippen LogP contribution in [0.1, 0.15) is 25.7 Å². The van der Waals surface area contributed by atoms with Crippen LogP contribution in [0.4, 0.5) is 0 Å². The first-order chi connectivity index (χ1) is 7.91. The van der Waals surface area contributed by atoms with E-state index in [1.165, 1.54) is 12.5 Å². The van der Waals surface area contributed by atoms with Crippen molar-refractivity contribution in [1.29, 1.82) is 0 Å². The summed E-state index contributed by atoms with van der Waals surface area (Å²) in [7, 11) is -1.90. The summed E-state index contributed by atoms with van der Waals surface area (Å²) in [6.45, 7) is 0.0614. The molecule has 1 heterocycles. The number of hydrogen-bond donors (Lipinski definition) is 2. The van der Waals surface area contributed by atoms with Crippen LogP contribution in [0.2, 0.25) is 0 Å². The van der Waals surface area contributed by atoms with Crippen molar-refractivity contribution in [2.24, 2.45) is 7.05 Å². The molecule has 0 saturated heterocycles. The van der Waals surface area contributed by atoms with Gasteiger partial charge in [0.1, 0.15) is 0 Å². The van der Waals surface area contributed by atoms with Crippen LogP contribution in [0.3, 0.4) is 0 Å². The van der Waals surface area contributed by atoms with Crippen LogP contribution in [0, 0.1) is 0 Å². The number of aromatic nitrogens is 2. The van der Waals surface area contributed by atoms with Gasteiger partial charge in [-0.25, -0.2) is 18.1 Å². The Morgan fingerprint density at radius 2 is 2.18 bits per heavy atom. The molecule has 1 aromatic rings. The summed E-state index contributed by atoms with van der Waals surface area (Å²) in [5.41, 5.74) is -0.887. The van der Waals surface area contributed by atoms with E-state index < -0.39 is 15.6 Å². The number of sulfonamides is 1. The first-order valence-corrected chi connectivity index (χ1v) is 7.10. The fourth-order valence-electron chi connectivity index (χ4n) is 2.04. The van der Waals surface area contributed by atoms with E-state index in [0.717, 1.165) is 12.8 Å². The number of nitrogens with one attached hydrogen (secondary N) is 1. The first kappa shape index (κ1) is 12.5. The Balaban J connectivity index is 2.03. The molecule has 1 aliphatic rings. The highest BCUT2D eigenvalue weighted by Crippen LogP contribution is 2.28. The molecule has 1 saturated carbocycles. The maximum atomic E-state index is 11.8. The van der Waals surface area contributed by atoms with E-state index in [1.54, 1.807) is 11.6 Å². The van der Waals surface area contributed by atoms with Gasteiger partial charge in [-0.2, -0.15) is 0 Å². The van der Waals surface area contributed by atoms with Gasteiger partial charge in [-0.1, -0.05) is 12.8 Å². The molecule has 0 unspecified atom stereocenters. The highest BCUT2D eigenvalue weighted by atomic mass is 32.2. The van der Waals surface area contributed by atoms with Crippen molar-refractivity contribution in [3.63, 3.8) is 0 Å². The predicted octanol–water partition coefficient (Wildman–Crippen LogP) is 0.00350. The van der Waals surface area contributed by atoms with Crippen LogP contribution in [0.25, 0.3) is 0 Å². The summed E-state index contributed by atoms with van der Waals surface area (Å²) in [5.74, 6) is 0. The minimum absolute atomic E-state index is 0.0124. The van der Waals surface area contributed by atoms with Crippen molar-refractivity contribution in [2.75, 3.05) is 6.54 Å². The maximum Gasteiger partial charge on any atom is 0.259 e. The molecule has 1 aliphatic carbocycles. The van der Waals surface area contributed by atoms with E-state index in [-0.39, 0.29) is 11.6 Å². The fraction of sp³-hybridized carbons (Fsp3) is 0.700. The normalized spacial score (nSPS) is 19.6. The molecule has 1 aromatic heterocycles. The van der Waals surface area contributed by atoms with Crippen molar-refractivity contribution in [1.82, 2.24) is 14.3 Å². The Morgan fingerprint density at radius 3 is 2.71 bits per heavy atom. The van der Waals surface area contributed by atoms with Crippen molar-refractivity contribution in [3.05, 3.63) is 12.5 Å². The molecular formula is C10H17N3O3S. The molecule has 2 rings (SSSR count). The van der Waals surface area contributed by atoms with Crippen molar-refractivity contribution < 1.29 is 13.5 Å². The molecule has 6 nitrogen and oxygen atoms in total. The van der Waals surface area contributed by atoms with Gasteiger partial charge < -0.3 is 9.67 Å². The monoisotopic (exact) mass is 259 g/mol. The molecule has 7 heteroatoms. The molecular weight excluding hydrogens is 242 g/mol. The summed E-state index contributed by atoms with van der Waals surface area (Å²) >= 11 is 0. The molecule has 0 amide bonds. The van der Waals surface area contributed by atoms with Gasteiger partial charge in [0.2, 0.25) is 0 Å². The van der Waals surface area contributed by atoms with E-state index in [9.17, 15) is 13.5 Å². The number of aryl methyl sites for hydroxylation is 1. The molecule has 0 bridgehead atoms. The lowest BCUT2D eigenvalue weighted by atomic mass is 10.0. The van der Waals surface area contributed by atoms with E-state index in [0.29, 0.717) is 12.8 Å². The zero-order valence-corrected chi connectivity index (χ0v) is 10.6. The number of rotatable bonds is 4. The molecule has 0 aliphatic heterocycles. The second-order valence-electron chi connectivity index (χ2n) is 4.63. The van der Waals surface area contributed by atoms with Gasteiger partial charge in [-0.15, -0.1) is 0 Å². The average Bonchev–Trinajstić information content (AvgIpc) is 2.86. The van der Waals surface area contributed by atoms with Crippen LogP contribution in [-0.2, 0) is 17.1 Å². The van der Waals surface area contributed by atoms with Gasteiger partial charge in [0, 0.05) is 19.8 Å². The smallest absolute Gasteiger partial charge is 0.259 e. The zero-order chi connectivity index (χ0) is 12.5. The Labute approximate surface area is 101 Å². The molecule has 0 radical (unpaired) electrons. The Hall–Kier alpha value is -0.920. The summed E-state index contributed by atoms with van der Waals surface area (Å²) in [5, 5.41) is 10.0. The average molecular weight is 259 g/mol. The van der Waals surface area contributed by atoms with E-state index in [4.69, 9.17) is 0 Å². The SMILES string of the molecule is Cn1cnc(S(=O)(=O)NCC2(O)CCCC2)c1. The third kappa shape index (κ3) is 2.85. The minimum atomic E-state index is -3.61. The largest absolute Gasteiger partial charge is 0.389 e. The zero-order valence-electron chi connectivity index (χ0n) is 9.76. The quantitative estimate of drug-likeness (QED) is 0.797. The molecule has 96 valence electrons. The molecule has 0 spiro atoms. The minimum Gasteiger partial charge on any atom is -0.389 e. The number of hydrogen-bond acceptors (Lipinski definition) is 4. The van der Waals surface area contributed by atoms with Crippen molar-refractivity contribution >= 4 is 10.0 Å². The van der Waals surface area contributed by atoms with Crippen LogP contribution in [0.15, 0.2) is 17.6 Å². The number of imidazole rings is 1. The molecule has 17 heavy (non-hydrogen) atoms. The molecule has 2 N–H and O–H groups in total. The van der Waals surface area contributed by atoms with Gasteiger partial charge in [-0.05, 0) is 12.8 Å². The maximum absolute atomic E-state index is 11.8. The Morgan fingerprint density at radius 1 is 1.53 bits per heavy atom. The lowest BCUT2D eigenvalue weighted by Crippen LogP contribution is -2.40. The first-order valence-electron chi connectivity index (χ1n) is 5.61. The van der Waals surface area contributed by atoms with Gasteiger partial charge in [-0.3, -0.25) is 0 Å². The van der Waals surface area contributed by atoms with E-state index in [2.05, 4.69) is 9.71 Å². The fourth-order valence-corrected chi connectivity index (χ4v) is 3.14. The van der Waals surface area contributed by atoms with Gasteiger partial charge in [0.25, 0.3) is 10.0 Å². The van der Waals surface area contributed by atoms with Crippen molar-refractivity contribution in [3.8, 4) is 0 Å². The third-order valence-electron chi connectivity index (χ3n) is 3.08. The van der Waals surface area contributed by atoms with Crippen LogP contribution >= 0.6 is 0 Å². The topological polar surface area (TPSA) is 84.2 Å². The lowest BCUT2D eigenvalue weighted by Gasteiger charge is -2.21. The van der Waals surface area contributed by atoms with E-state index in [1.807, 2.05) is 0 Å². The standard InChI is InChI=1S/C10H17N3O3S/c1-13-6-9(11-8-13)17(15,16)12-7-10(14)4-2-3-5-10/h6,8,12,14H,2-5,7H2,1H3. The summed E-state index contributed by atoms with van der Waals surface area (Å²) in [6.07, 6.45) is 6.05. The number of aliphatic hydroxyl groups is 1. The lowest BCUT2D eigenvalue weighted by molar-refractivity contribution is 0.0531. The second-order valence-corrected chi connectivity index (χ2v) is 6.35. The van der Waals surface area contributed by atoms with Gasteiger partial charge in [0.15, 0.2) is 5.03 Å². The molecule has 0 atom stereocenters. The Bertz CT molecular complexity index is 489. The van der Waals surface area contributed by atoms with Crippen LogP contribution in [0.5, 0.6) is 0 Å².